The average molecular weight is 285 g/mol. The summed E-state index contributed by atoms with van der Waals surface area (Å²) in [6, 6.07) is 3.18. The Hall–Kier alpha value is -1.36. The largest absolute Gasteiger partial charge is 0.416 e. The molecule has 0 aliphatic carbocycles. The molecule has 0 aromatic heterocycles. The summed E-state index contributed by atoms with van der Waals surface area (Å²) >= 11 is 0. The Labute approximate surface area is 114 Å². The van der Waals surface area contributed by atoms with Gasteiger partial charge in [-0.05, 0) is 50.1 Å². The molecule has 2 unspecified atom stereocenters. The molecule has 1 fully saturated rings. The SMILES string of the molecule is CN1C2C=C(c3cc(C(F)(F)F)ccc3F)CC1CC2. The molecule has 0 amide bonds. The Morgan fingerprint density at radius 2 is 1.95 bits per heavy atom. The number of benzene rings is 1. The molecule has 1 nitrogen and oxygen atoms in total. The number of alkyl halides is 3. The standard InChI is InChI=1S/C15H15F4N/c1-20-11-3-4-12(20)7-9(6-11)13-8-10(15(17,18)19)2-5-14(13)16/h2,5-6,8,11-12H,3-4,7H2,1H3. The second-order valence-electron chi connectivity index (χ2n) is 5.55. The van der Waals surface area contributed by atoms with E-state index in [1.54, 1.807) is 0 Å². The maximum absolute atomic E-state index is 13.9. The number of hydrogen-bond acceptors (Lipinski definition) is 1. The van der Waals surface area contributed by atoms with Crippen LogP contribution in [0.3, 0.4) is 0 Å². The van der Waals surface area contributed by atoms with Crippen molar-refractivity contribution in [1.29, 1.82) is 0 Å². The van der Waals surface area contributed by atoms with E-state index in [1.807, 2.05) is 13.1 Å². The second kappa shape index (κ2) is 4.58. The normalized spacial score (nSPS) is 26.8. The summed E-state index contributed by atoms with van der Waals surface area (Å²) in [6.07, 6.45) is 0.105. The Morgan fingerprint density at radius 1 is 1.20 bits per heavy atom. The highest BCUT2D eigenvalue weighted by atomic mass is 19.4. The van der Waals surface area contributed by atoms with Crippen molar-refractivity contribution in [2.75, 3.05) is 7.05 Å². The maximum Gasteiger partial charge on any atom is 0.416 e. The molecular formula is C15H15F4N. The van der Waals surface area contributed by atoms with Gasteiger partial charge in [-0.1, -0.05) is 6.08 Å². The third-order valence-electron chi connectivity index (χ3n) is 4.38. The first-order valence-electron chi connectivity index (χ1n) is 6.66. The smallest absolute Gasteiger partial charge is 0.297 e. The molecule has 2 aliphatic rings. The lowest BCUT2D eigenvalue weighted by atomic mass is 9.93. The molecule has 2 heterocycles. The third kappa shape index (κ3) is 2.24. The fourth-order valence-electron chi connectivity index (χ4n) is 3.19. The summed E-state index contributed by atoms with van der Waals surface area (Å²) in [6.45, 7) is 0. The number of nitrogens with zero attached hydrogens (tertiary/aromatic N) is 1. The van der Waals surface area contributed by atoms with Crippen LogP contribution >= 0.6 is 0 Å². The van der Waals surface area contributed by atoms with Crippen LogP contribution in [-0.2, 0) is 6.18 Å². The monoisotopic (exact) mass is 285 g/mol. The van der Waals surface area contributed by atoms with Crippen molar-refractivity contribution in [3.05, 3.63) is 41.2 Å². The molecule has 2 aliphatic heterocycles. The second-order valence-corrected chi connectivity index (χ2v) is 5.55. The lowest BCUT2D eigenvalue weighted by Gasteiger charge is -2.30. The van der Waals surface area contributed by atoms with Crippen LogP contribution in [0, 0.1) is 5.82 Å². The van der Waals surface area contributed by atoms with Crippen LogP contribution in [0.4, 0.5) is 17.6 Å². The summed E-state index contributed by atoms with van der Waals surface area (Å²) in [7, 11) is 2.01. The molecule has 2 atom stereocenters. The van der Waals surface area contributed by atoms with Gasteiger partial charge in [-0.15, -0.1) is 0 Å². The quantitative estimate of drug-likeness (QED) is 0.702. The minimum Gasteiger partial charge on any atom is -0.297 e. The van der Waals surface area contributed by atoms with Crippen LogP contribution in [0.2, 0.25) is 0 Å². The Kier molecular flexibility index (Phi) is 3.12. The van der Waals surface area contributed by atoms with Gasteiger partial charge in [0.25, 0.3) is 0 Å². The van der Waals surface area contributed by atoms with Crippen molar-refractivity contribution in [2.24, 2.45) is 0 Å². The molecule has 1 aromatic carbocycles. The minimum atomic E-state index is -4.44. The molecule has 5 heteroatoms. The molecular weight excluding hydrogens is 270 g/mol. The van der Waals surface area contributed by atoms with Gasteiger partial charge < -0.3 is 0 Å². The van der Waals surface area contributed by atoms with E-state index in [9.17, 15) is 17.6 Å². The first-order chi connectivity index (χ1) is 9.36. The molecule has 0 saturated carbocycles. The molecule has 1 saturated heterocycles. The fourth-order valence-corrected chi connectivity index (χ4v) is 3.19. The number of likely N-dealkylation sites (N-methyl/N-ethyl adjacent to an activating group) is 1. The van der Waals surface area contributed by atoms with Crippen LogP contribution in [0.1, 0.15) is 30.4 Å². The van der Waals surface area contributed by atoms with Gasteiger partial charge in [0.1, 0.15) is 5.82 Å². The zero-order chi connectivity index (χ0) is 14.5. The highest BCUT2D eigenvalue weighted by molar-refractivity contribution is 5.69. The van der Waals surface area contributed by atoms with E-state index in [2.05, 4.69) is 4.90 Å². The van der Waals surface area contributed by atoms with Gasteiger partial charge in [0, 0.05) is 17.6 Å². The molecule has 0 radical (unpaired) electrons. The number of rotatable bonds is 1. The molecule has 3 rings (SSSR count). The Morgan fingerprint density at radius 3 is 2.60 bits per heavy atom. The lowest BCUT2D eigenvalue weighted by molar-refractivity contribution is -0.137. The van der Waals surface area contributed by atoms with Crippen molar-refractivity contribution in [1.82, 2.24) is 4.90 Å². The van der Waals surface area contributed by atoms with Crippen LogP contribution in [0.25, 0.3) is 5.57 Å². The molecule has 20 heavy (non-hydrogen) atoms. The summed E-state index contributed by atoms with van der Waals surface area (Å²) in [5.74, 6) is -0.576. The van der Waals surface area contributed by atoms with Gasteiger partial charge in [0.2, 0.25) is 0 Å². The lowest BCUT2D eigenvalue weighted by Crippen LogP contribution is -2.34. The average Bonchev–Trinajstić information content (AvgIpc) is 2.61. The summed E-state index contributed by atoms with van der Waals surface area (Å²) in [5, 5.41) is 0. The van der Waals surface area contributed by atoms with E-state index in [1.165, 1.54) is 0 Å². The van der Waals surface area contributed by atoms with Crippen LogP contribution in [0.15, 0.2) is 24.3 Å². The highest BCUT2D eigenvalue weighted by Gasteiger charge is 2.36. The van der Waals surface area contributed by atoms with Gasteiger partial charge in [-0.2, -0.15) is 13.2 Å². The van der Waals surface area contributed by atoms with Crippen molar-refractivity contribution in [3.8, 4) is 0 Å². The van der Waals surface area contributed by atoms with E-state index < -0.39 is 17.6 Å². The zero-order valence-electron chi connectivity index (χ0n) is 11.0. The molecule has 1 aromatic rings. The van der Waals surface area contributed by atoms with Crippen molar-refractivity contribution in [2.45, 2.75) is 37.5 Å². The van der Waals surface area contributed by atoms with E-state index in [0.717, 1.165) is 31.0 Å². The first kappa shape index (κ1) is 13.6. The van der Waals surface area contributed by atoms with Gasteiger partial charge in [-0.3, -0.25) is 4.90 Å². The molecule has 0 spiro atoms. The van der Waals surface area contributed by atoms with E-state index >= 15 is 0 Å². The fraction of sp³-hybridized carbons (Fsp3) is 0.467. The van der Waals surface area contributed by atoms with Crippen LogP contribution in [-0.4, -0.2) is 24.0 Å². The number of fused-ring (bicyclic) bond motifs is 2. The summed E-state index contributed by atoms with van der Waals surface area (Å²) < 4.78 is 52.1. The molecule has 2 bridgehead atoms. The highest BCUT2D eigenvalue weighted by Crippen LogP contribution is 2.39. The van der Waals surface area contributed by atoms with Gasteiger partial charge in [0.15, 0.2) is 0 Å². The third-order valence-corrected chi connectivity index (χ3v) is 4.38. The predicted octanol–water partition coefficient (Wildman–Crippen LogP) is 4.09. The molecule has 108 valence electrons. The Bertz CT molecular complexity index is 561. The summed E-state index contributed by atoms with van der Waals surface area (Å²) in [4.78, 5) is 2.22. The molecule has 0 N–H and O–H groups in total. The predicted molar refractivity (Wildman–Crippen MR) is 68.6 cm³/mol. The van der Waals surface area contributed by atoms with E-state index in [0.29, 0.717) is 18.0 Å². The minimum absolute atomic E-state index is 0.102. The topological polar surface area (TPSA) is 3.24 Å². The van der Waals surface area contributed by atoms with Gasteiger partial charge >= 0.3 is 6.18 Å². The summed E-state index contributed by atoms with van der Waals surface area (Å²) in [5.41, 5.74) is 0.0186. The van der Waals surface area contributed by atoms with Gasteiger partial charge in [0.05, 0.1) is 5.56 Å². The van der Waals surface area contributed by atoms with E-state index in [4.69, 9.17) is 0 Å². The maximum atomic E-state index is 13.9. The number of hydrogen-bond donors (Lipinski definition) is 0. The Balaban J connectivity index is 2.01. The van der Waals surface area contributed by atoms with Crippen LogP contribution < -0.4 is 0 Å². The number of halogens is 4. The zero-order valence-corrected chi connectivity index (χ0v) is 11.0. The first-order valence-corrected chi connectivity index (χ1v) is 6.66. The van der Waals surface area contributed by atoms with Gasteiger partial charge in [-0.25, -0.2) is 4.39 Å². The van der Waals surface area contributed by atoms with Crippen LogP contribution in [0.5, 0.6) is 0 Å². The van der Waals surface area contributed by atoms with Crippen molar-refractivity contribution >= 4 is 5.57 Å². The van der Waals surface area contributed by atoms with Crippen molar-refractivity contribution in [3.63, 3.8) is 0 Å². The van der Waals surface area contributed by atoms with E-state index in [-0.39, 0.29) is 11.6 Å². The van der Waals surface area contributed by atoms with Crippen molar-refractivity contribution < 1.29 is 17.6 Å².